The smallest absolute Gasteiger partial charge is 0.239 e. The van der Waals surface area contributed by atoms with Crippen LogP contribution in [0.1, 0.15) is 11.1 Å². The van der Waals surface area contributed by atoms with E-state index in [2.05, 4.69) is 15.5 Å². The third-order valence-electron chi connectivity index (χ3n) is 3.81. The molecule has 1 atom stereocenters. The SMILES string of the molecule is CN(C)c1ccc(/C=N/N=C2\NC(=O)[C@H](Cc3ccccc3)S2)cc1. The molecule has 0 aromatic heterocycles. The van der Waals surface area contributed by atoms with Crippen molar-refractivity contribution in [2.24, 2.45) is 10.2 Å². The number of hydrogen-bond acceptors (Lipinski definition) is 5. The van der Waals surface area contributed by atoms with Crippen LogP contribution in [0.5, 0.6) is 0 Å². The Morgan fingerprint density at radius 2 is 1.84 bits per heavy atom. The number of thioether (sulfide) groups is 1. The summed E-state index contributed by atoms with van der Waals surface area (Å²) >= 11 is 1.42. The van der Waals surface area contributed by atoms with Gasteiger partial charge in [0.1, 0.15) is 0 Å². The third kappa shape index (κ3) is 4.70. The van der Waals surface area contributed by atoms with Gasteiger partial charge in [0.15, 0.2) is 5.17 Å². The lowest BCUT2D eigenvalue weighted by Crippen LogP contribution is -2.25. The van der Waals surface area contributed by atoms with Crippen molar-refractivity contribution >= 4 is 34.7 Å². The lowest BCUT2D eigenvalue weighted by Gasteiger charge is -2.11. The highest BCUT2D eigenvalue weighted by molar-refractivity contribution is 8.15. The maximum atomic E-state index is 12.1. The fourth-order valence-electron chi connectivity index (χ4n) is 2.42. The highest BCUT2D eigenvalue weighted by atomic mass is 32.2. The second-order valence-electron chi connectivity index (χ2n) is 5.92. The van der Waals surface area contributed by atoms with E-state index in [-0.39, 0.29) is 11.2 Å². The van der Waals surface area contributed by atoms with Gasteiger partial charge in [-0.2, -0.15) is 5.10 Å². The van der Waals surface area contributed by atoms with Crippen molar-refractivity contribution in [3.63, 3.8) is 0 Å². The Hall–Kier alpha value is -2.60. The summed E-state index contributed by atoms with van der Waals surface area (Å²) in [5, 5.41) is 11.4. The second kappa shape index (κ2) is 7.98. The highest BCUT2D eigenvalue weighted by Gasteiger charge is 2.30. The van der Waals surface area contributed by atoms with Gasteiger partial charge in [0, 0.05) is 19.8 Å². The molecule has 1 aliphatic rings. The number of anilines is 1. The molecule has 1 fully saturated rings. The van der Waals surface area contributed by atoms with Crippen LogP contribution in [0.4, 0.5) is 5.69 Å². The molecule has 1 aliphatic heterocycles. The first-order valence-corrected chi connectivity index (χ1v) is 8.89. The first-order chi connectivity index (χ1) is 12.1. The van der Waals surface area contributed by atoms with E-state index >= 15 is 0 Å². The van der Waals surface area contributed by atoms with Gasteiger partial charge < -0.3 is 10.2 Å². The Bertz CT molecular complexity index is 785. The number of amidine groups is 1. The molecule has 1 heterocycles. The Morgan fingerprint density at radius 3 is 2.52 bits per heavy atom. The van der Waals surface area contributed by atoms with Crippen LogP contribution in [0.2, 0.25) is 0 Å². The van der Waals surface area contributed by atoms with Gasteiger partial charge in [-0.25, -0.2) is 0 Å². The molecule has 25 heavy (non-hydrogen) atoms. The summed E-state index contributed by atoms with van der Waals surface area (Å²) in [5.41, 5.74) is 3.23. The largest absolute Gasteiger partial charge is 0.378 e. The first-order valence-electron chi connectivity index (χ1n) is 8.01. The van der Waals surface area contributed by atoms with Gasteiger partial charge in [-0.05, 0) is 29.7 Å². The van der Waals surface area contributed by atoms with Gasteiger partial charge in [-0.1, -0.05) is 54.2 Å². The maximum Gasteiger partial charge on any atom is 0.239 e. The van der Waals surface area contributed by atoms with Crippen LogP contribution in [-0.4, -0.2) is 36.6 Å². The van der Waals surface area contributed by atoms with Gasteiger partial charge in [0.2, 0.25) is 5.91 Å². The monoisotopic (exact) mass is 352 g/mol. The summed E-state index contributed by atoms with van der Waals surface area (Å²) in [6, 6.07) is 18.0. The summed E-state index contributed by atoms with van der Waals surface area (Å²) < 4.78 is 0. The van der Waals surface area contributed by atoms with Crippen molar-refractivity contribution in [1.82, 2.24) is 5.32 Å². The zero-order valence-electron chi connectivity index (χ0n) is 14.2. The van der Waals surface area contributed by atoms with Crippen molar-refractivity contribution in [1.29, 1.82) is 0 Å². The molecule has 2 aromatic carbocycles. The van der Waals surface area contributed by atoms with E-state index in [0.29, 0.717) is 11.6 Å². The van der Waals surface area contributed by atoms with Crippen molar-refractivity contribution in [3.8, 4) is 0 Å². The third-order valence-corrected chi connectivity index (χ3v) is 4.88. The number of nitrogens with one attached hydrogen (secondary N) is 1. The topological polar surface area (TPSA) is 57.1 Å². The lowest BCUT2D eigenvalue weighted by molar-refractivity contribution is -0.118. The van der Waals surface area contributed by atoms with Gasteiger partial charge in [-0.15, -0.1) is 5.10 Å². The molecule has 0 spiro atoms. The van der Waals surface area contributed by atoms with E-state index in [1.54, 1.807) is 6.21 Å². The molecule has 0 unspecified atom stereocenters. The molecule has 0 saturated carbocycles. The van der Waals surface area contributed by atoms with E-state index in [1.165, 1.54) is 11.8 Å². The molecule has 0 bridgehead atoms. The molecule has 0 aliphatic carbocycles. The van der Waals surface area contributed by atoms with Crippen LogP contribution in [0.25, 0.3) is 0 Å². The molecule has 2 aromatic rings. The normalized spacial score (nSPS) is 18.7. The van der Waals surface area contributed by atoms with E-state index in [9.17, 15) is 4.79 Å². The number of nitrogens with zero attached hydrogens (tertiary/aromatic N) is 3. The number of carbonyl (C=O) groups is 1. The average molecular weight is 352 g/mol. The first kappa shape index (κ1) is 17.2. The van der Waals surface area contributed by atoms with Crippen molar-refractivity contribution in [2.75, 3.05) is 19.0 Å². The highest BCUT2D eigenvalue weighted by Crippen LogP contribution is 2.23. The Kier molecular flexibility index (Phi) is 5.50. The molecule has 0 radical (unpaired) electrons. The van der Waals surface area contributed by atoms with E-state index < -0.39 is 0 Å². The standard InChI is InChI=1S/C19H20N4OS/c1-23(2)16-10-8-15(9-11-16)13-20-22-19-21-18(24)17(25-19)12-14-6-4-3-5-7-14/h3-11,13,17H,12H2,1-2H3,(H,21,22,24)/b20-13+/t17-/m0/s1. The van der Waals surface area contributed by atoms with Gasteiger partial charge in [-0.3, -0.25) is 4.79 Å². The summed E-state index contributed by atoms with van der Waals surface area (Å²) in [4.78, 5) is 14.1. The Balaban J connectivity index is 1.59. The summed E-state index contributed by atoms with van der Waals surface area (Å²) in [6.45, 7) is 0. The van der Waals surface area contributed by atoms with E-state index in [1.807, 2.05) is 73.6 Å². The van der Waals surface area contributed by atoms with Crippen LogP contribution in [0, 0.1) is 0 Å². The number of rotatable bonds is 5. The van der Waals surface area contributed by atoms with Crippen molar-refractivity contribution in [2.45, 2.75) is 11.7 Å². The van der Waals surface area contributed by atoms with Crippen LogP contribution in [-0.2, 0) is 11.2 Å². The number of carbonyl (C=O) groups excluding carboxylic acids is 1. The van der Waals surface area contributed by atoms with Gasteiger partial charge in [0.25, 0.3) is 0 Å². The minimum atomic E-state index is -0.157. The van der Waals surface area contributed by atoms with Gasteiger partial charge in [0.05, 0.1) is 11.5 Å². The minimum absolute atomic E-state index is 0.0156. The zero-order chi connectivity index (χ0) is 17.6. The molecule has 1 amide bonds. The molecule has 1 saturated heterocycles. The average Bonchev–Trinajstić information content (AvgIpc) is 2.96. The maximum absolute atomic E-state index is 12.1. The van der Waals surface area contributed by atoms with E-state index in [4.69, 9.17) is 0 Å². The summed E-state index contributed by atoms with van der Waals surface area (Å²) in [5.74, 6) is -0.0156. The number of amides is 1. The lowest BCUT2D eigenvalue weighted by atomic mass is 10.1. The number of hydrogen-bond donors (Lipinski definition) is 1. The zero-order valence-corrected chi connectivity index (χ0v) is 15.0. The van der Waals surface area contributed by atoms with Crippen LogP contribution >= 0.6 is 11.8 Å². The Morgan fingerprint density at radius 1 is 1.12 bits per heavy atom. The van der Waals surface area contributed by atoms with Crippen LogP contribution in [0.3, 0.4) is 0 Å². The second-order valence-corrected chi connectivity index (χ2v) is 7.11. The van der Waals surface area contributed by atoms with Crippen molar-refractivity contribution in [3.05, 3.63) is 65.7 Å². The van der Waals surface area contributed by atoms with Crippen molar-refractivity contribution < 1.29 is 4.79 Å². The molecule has 3 rings (SSSR count). The van der Waals surface area contributed by atoms with Gasteiger partial charge >= 0.3 is 0 Å². The summed E-state index contributed by atoms with van der Waals surface area (Å²) in [7, 11) is 4.00. The minimum Gasteiger partial charge on any atom is -0.378 e. The Labute approximate surface area is 151 Å². The molecule has 6 heteroatoms. The summed E-state index contributed by atoms with van der Waals surface area (Å²) in [6.07, 6.45) is 2.37. The van der Waals surface area contributed by atoms with Crippen LogP contribution in [0.15, 0.2) is 64.8 Å². The molecule has 5 nitrogen and oxygen atoms in total. The number of benzene rings is 2. The fraction of sp³-hybridized carbons (Fsp3) is 0.211. The molecule has 128 valence electrons. The molecular formula is C19H20N4OS. The fourth-order valence-corrected chi connectivity index (χ4v) is 3.39. The van der Waals surface area contributed by atoms with Crippen LogP contribution < -0.4 is 10.2 Å². The molecule has 1 N–H and O–H groups in total. The predicted molar refractivity (Wildman–Crippen MR) is 105 cm³/mol. The predicted octanol–water partition coefficient (Wildman–Crippen LogP) is 2.92. The quantitative estimate of drug-likeness (QED) is 0.665. The molecular weight excluding hydrogens is 332 g/mol. The van der Waals surface area contributed by atoms with E-state index in [0.717, 1.165) is 16.8 Å².